The predicted molar refractivity (Wildman–Crippen MR) is 111 cm³/mol. The van der Waals surface area contributed by atoms with Crippen molar-refractivity contribution in [2.24, 2.45) is 0 Å². The zero-order valence-electron chi connectivity index (χ0n) is 16.5. The van der Waals surface area contributed by atoms with Crippen molar-refractivity contribution in [3.8, 4) is 0 Å². The molecule has 0 aromatic heterocycles. The van der Waals surface area contributed by atoms with E-state index in [-0.39, 0.29) is 30.6 Å². The first-order chi connectivity index (χ1) is 13.8. The number of carbonyl (C=O) groups excluding carboxylic acids is 1. The quantitative estimate of drug-likeness (QED) is 0.644. The largest absolute Gasteiger partial charge is 0.348 e. The van der Waals surface area contributed by atoms with Gasteiger partial charge in [-0.25, -0.2) is 12.8 Å². The first-order valence-corrected chi connectivity index (χ1v) is 11.2. The van der Waals surface area contributed by atoms with Crippen LogP contribution in [0, 0.1) is 12.7 Å². The number of anilines is 1. The molecule has 2 aromatic carbocycles. The molecule has 0 spiro atoms. The molecule has 1 heterocycles. The van der Waals surface area contributed by atoms with E-state index in [9.17, 15) is 17.6 Å². The molecule has 3 unspecified atom stereocenters. The lowest BCUT2D eigenvalue weighted by atomic mass is 10.0. The van der Waals surface area contributed by atoms with E-state index in [1.807, 2.05) is 38.1 Å². The van der Waals surface area contributed by atoms with Gasteiger partial charge in [-0.05, 0) is 37.5 Å². The summed E-state index contributed by atoms with van der Waals surface area (Å²) >= 11 is 0. The summed E-state index contributed by atoms with van der Waals surface area (Å²) in [6, 6.07) is 12.8. The van der Waals surface area contributed by atoms with Crippen molar-refractivity contribution in [2.45, 2.75) is 44.0 Å². The van der Waals surface area contributed by atoms with Crippen molar-refractivity contribution >= 4 is 21.6 Å². The molecule has 3 atom stereocenters. The second kappa shape index (κ2) is 8.92. The number of aryl methyl sites for hydroxylation is 1. The maximum absolute atomic E-state index is 13.8. The van der Waals surface area contributed by atoms with Crippen LogP contribution in [0.4, 0.5) is 10.1 Å². The van der Waals surface area contributed by atoms with Gasteiger partial charge < -0.3 is 10.6 Å². The van der Waals surface area contributed by atoms with E-state index in [1.165, 1.54) is 18.2 Å². The number of sulfonamides is 1. The summed E-state index contributed by atoms with van der Waals surface area (Å²) in [5.74, 6) is -0.874. The normalized spacial score (nSPS) is 20.2. The second-order valence-corrected chi connectivity index (χ2v) is 9.29. The molecule has 156 valence electrons. The van der Waals surface area contributed by atoms with Gasteiger partial charge in [-0.3, -0.25) is 9.52 Å². The van der Waals surface area contributed by atoms with Crippen LogP contribution in [-0.4, -0.2) is 32.2 Å². The maximum atomic E-state index is 13.8. The Labute approximate surface area is 171 Å². The highest BCUT2D eigenvalue weighted by Crippen LogP contribution is 2.22. The first kappa shape index (κ1) is 21.3. The molecule has 29 heavy (non-hydrogen) atoms. The summed E-state index contributed by atoms with van der Waals surface area (Å²) in [7, 11) is -3.83. The van der Waals surface area contributed by atoms with Gasteiger partial charge in [-0.15, -0.1) is 0 Å². The van der Waals surface area contributed by atoms with Crippen LogP contribution in [0.2, 0.25) is 0 Å². The van der Waals surface area contributed by atoms with E-state index < -0.39 is 27.1 Å². The Morgan fingerprint density at radius 1 is 1.21 bits per heavy atom. The first-order valence-electron chi connectivity index (χ1n) is 9.66. The topological polar surface area (TPSA) is 87.3 Å². The fraction of sp³-hybridized carbons (Fsp3) is 0.381. The van der Waals surface area contributed by atoms with Crippen molar-refractivity contribution in [2.75, 3.05) is 11.3 Å². The summed E-state index contributed by atoms with van der Waals surface area (Å²) < 4.78 is 41.3. The highest BCUT2D eigenvalue weighted by atomic mass is 32.2. The minimum absolute atomic E-state index is 0.0918. The number of amides is 1. The van der Waals surface area contributed by atoms with E-state index in [2.05, 4.69) is 15.4 Å². The number of hydrogen-bond acceptors (Lipinski definition) is 4. The lowest BCUT2D eigenvalue weighted by molar-refractivity contribution is -0.123. The van der Waals surface area contributed by atoms with Crippen LogP contribution in [0.1, 0.15) is 36.9 Å². The number of rotatable bonds is 7. The van der Waals surface area contributed by atoms with Crippen LogP contribution >= 0.6 is 0 Å². The molecule has 2 aromatic rings. The summed E-state index contributed by atoms with van der Waals surface area (Å²) in [6.07, 6.45) is 0.845. The minimum Gasteiger partial charge on any atom is -0.348 e. The van der Waals surface area contributed by atoms with Gasteiger partial charge in [0.15, 0.2) is 0 Å². The summed E-state index contributed by atoms with van der Waals surface area (Å²) in [6.45, 7) is 4.11. The zero-order valence-corrected chi connectivity index (χ0v) is 17.3. The van der Waals surface area contributed by atoms with Crippen LogP contribution < -0.4 is 15.4 Å². The molecule has 0 saturated carbocycles. The Morgan fingerprint density at radius 3 is 2.55 bits per heavy atom. The molecule has 6 nitrogen and oxygen atoms in total. The summed E-state index contributed by atoms with van der Waals surface area (Å²) in [4.78, 5) is 12.7. The number of para-hydroxylation sites is 1. The van der Waals surface area contributed by atoms with Crippen LogP contribution in [0.25, 0.3) is 0 Å². The fourth-order valence-electron chi connectivity index (χ4n) is 3.41. The monoisotopic (exact) mass is 419 g/mol. The number of benzene rings is 2. The Bertz CT molecular complexity index is 963. The molecular formula is C21H26FN3O3S. The average molecular weight is 420 g/mol. The van der Waals surface area contributed by atoms with Crippen molar-refractivity contribution in [1.29, 1.82) is 0 Å². The van der Waals surface area contributed by atoms with Crippen molar-refractivity contribution in [1.82, 2.24) is 10.6 Å². The van der Waals surface area contributed by atoms with E-state index in [4.69, 9.17) is 0 Å². The number of halogens is 1. The molecule has 0 bridgehead atoms. The summed E-state index contributed by atoms with van der Waals surface area (Å²) in [5.41, 5.74) is 2.06. The third-order valence-corrected chi connectivity index (χ3v) is 6.92. The molecule has 1 amide bonds. The van der Waals surface area contributed by atoms with Gasteiger partial charge in [-0.2, -0.15) is 0 Å². The van der Waals surface area contributed by atoms with Gasteiger partial charge in [0.2, 0.25) is 15.9 Å². The highest BCUT2D eigenvalue weighted by molar-refractivity contribution is 7.93. The Morgan fingerprint density at radius 2 is 1.90 bits per heavy atom. The minimum atomic E-state index is -3.83. The Kier molecular flexibility index (Phi) is 6.54. The standard InChI is InChI=1S/C21H26FN3O3S/c1-3-18(15-10-8-14(2)9-11-15)24-21(26)20-12-16(13-23-20)29(27,28)25-19-7-5-4-6-17(19)22/h4-11,16,18,20,23,25H,3,12-13H2,1-2H3,(H,24,26). The zero-order chi connectivity index (χ0) is 21.0. The molecule has 0 aliphatic carbocycles. The SMILES string of the molecule is CCC(NC(=O)C1CC(S(=O)(=O)Nc2ccccc2F)CN1)c1ccc(C)cc1. The van der Waals surface area contributed by atoms with E-state index in [0.717, 1.165) is 17.5 Å². The molecule has 1 fully saturated rings. The molecule has 8 heteroatoms. The lowest BCUT2D eigenvalue weighted by Gasteiger charge is -2.20. The lowest BCUT2D eigenvalue weighted by Crippen LogP contribution is -2.41. The average Bonchev–Trinajstić information content (AvgIpc) is 3.20. The van der Waals surface area contributed by atoms with E-state index in [1.54, 1.807) is 6.07 Å². The number of hydrogen-bond donors (Lipinski definition) is 3. The smallest absolute Gasteiger partial charge is 0.237 e. The second-order valence-electron chi connectivity index (χ2n) is 7.33. The van der Waals surface area contributed by atoms with Gasteiger partial charge in [0.05, 0.1) is 23.0 Å². The molecule has 0 radical (unpaired) electrons. The maximum Gasteiger partial charge on any atom is 0.237 e. The predicted octanol–water partition coefficient (Wildman–Crippen LogP) is 2.87. The number of carbonyl (C=O) groups is 1. The van der Waals surface area contributed by atoms with E-state index in [0.29, 0.717) is 0 Å². The van der Waals surface area contributed by atoms with Gasteiger partial charge >= 0.3 is 0 Å². The third kappa shape index (κ3) is 5.13. The van der Waals surface area contributed by atoms with Crippen LogP contribution in [0.15, 0.2) is 48.5 Å². The van der Waals surface area contributed by atoms with Crippen molar-refractivity contribution in [3.63, 3.8) is 0 Å². The molecule has 1 aliphatic rings. The third-order valence-electron chi connectivity index (χ3n) is 5.18. The van der Waals surface area contributed by atoms with Crippen LogP contribution in [-0.2, 0) is 14.8 Å². The fourth-order valence-corrected chi connectivity index (χ4v) is 4.81. The molecule has 1 aliphatic heterocycles. The van der Waals surface area contributed by atoms with E-state index >= 15 is 0 Å². The Balaban J connectivity index is 1.62. The summed E-state index contributed by atoms with van der Waals surface area (Å²) in [5, 5.41) is 5.15. The Hall–Kier alpha value is -2.45. The molecule has 3 N–H and O–H groups in total. The van der Waals surface area contributed by atoms with Crippen molar-refractivity contribution in [3.05, 3.63) is 65.5 Å². The molecule has 1 saturated heterocycles. The van der Waals surface area contributed by atoms with Gasteiger partial charge in [0.25, 0.3) is 0 Å². The van der Waals surface area contributed by atoms with Gasteiger partial charge in [0, 0.05) is 6.54 Å². The van der Waals surface area contributed by atoms with Crippen molar-refractivity contribution < 1.29 is 17.6 Å². The highest BCUT2D eigenvalue weighted by Gasteiger charge is 2.38. The number of nitrogens with one attached hydrogen (secondary N) is 3. The van der Waals surface area contributed by atoms with Gasteiger partial charge in [0.1, 0.15) is 5.82 Å². The molecule has 3 rings (SSSR count). The van der Waals surface area contributed by atoms with Crippen LogP contribution in [0.3, 0.4) is 0 Å². The molecular weight excluding hydrogens is 393 g/mol. The van der Waals surface area contributed by atoms with Gasteiger partial charge in [-0.1, -0.05) is 48.9 Å². The van der Waals surface area contributed by atoms with Crippen LogP contribution in [0.5, 0.6) is 0 Å².